The van der Waals surface area contributed by atoms with Crippen LogP contribution < -0.4 is 10.7 Å². The summed E-state index contributed by atoms with van der Waals surface area (Å²) in [5.41, 5.74) is 9.48. The highest BCUT2D eigenvalue weighted by Crippen LogP contribution is 2.41. The Hall–Kier alpha value is -4.87. The second kappa shape index (κ2) is 19.7. The molecule has 0 aliphatic carbocycles. The Bertz CT molecular complexity index is 2270. The Kier molecular flexibility index (Phi) is 14.5. The van der Waals surface area contributed by atoms with E-state index < -0.39 is 47.2 Å². The van der Waals surface area contributed by atoms with Gasteiger partial charge in [0, 0.05) is 75.3 Å². The van der Waals surface area contributed by atoms with Crippen LogP contribution in [0.4, 0.5) is 0 Å². The second-order valence-electron chi connectivity index (χ2n) is 18.8. The first-order valence-corrected chi connectivity index (χ1v) is 23.8. The molecule has 2 saturated heterocycles. The molecular formula is C47H65N9O7S. The minimum atomic E-state index is -1.06. The number of likely N-dealkylation sites (tertiary alicyclic amines) is 1. The third-order valence-electron chi connectivity index (χ3n) is 13.2. The van der Waals surface area contributed by atoms with Crippen LogP contribution in [0.5, 0.6) is 0 Å². The molecule has 17 heteroatoms. The highest BCUT2D eigenvalue weighted by atomic mass is 32.2. The summed E-state index contributed by atoms with van der Waals surface area (Å²) < 4.78 is 14.3. The maximum absolute atomic E-state index is 14.6. The lowest BCUT2D eigenvalue weighted by molar-refractivity contribution is -0.155. The first kappa shape index (κ1) is 47.1. The number of allylic oxidation sites excluding steroid dienone is 1. The van der Waals surface area contributed by atoms with Gasteiger partial charge in [-0.1, -0.05) is 34.3 Å². The number of hydrazine groups is 1. The molecule has 2 N–H and O–H groups in total. The van der Waals surface area contributed by atoms with Gasteiger partial charge in [-0.3, -0.25) is 39.0 Å². The van der Waals surface area contributed by atoms with Crippen molar-refractivity contribution >= 4 is 69.2 Å². The number of carbonyl (C=O) groups excluding carboxylic acids is 5. The number of methoxy groups -OCH3 is 1. The van der Waals surface area contributed by atoms with Crippen LogP contribution >= 0.6 is 11.8 Å². The summed E-state index contributed by atoms with van der Waals surface area (Å²) in [6.45, 7) is 17.5. The average Bonchev–Trinajstić information content (AvgIpc) is 4.05. The number of likely N-dealkylation sites (N-methyl/N-ethyl adjacent to an activating group) is 1. The van der Waals surface area contributed by atoms with Gasteiger partial charge in [0.05, 0.1) is 51.8 Å². The third-order valence-corrected chi connectivity index (χ3v) is 14.2. The summed E-state index contributed by atoms with van der Waals surface area (Å²) >= 11 is 1.54. The van der Waals surface area contributed by atoms with Crippen LogP contribution in [0.15, 0.2) is 40.5 Å². The molecule has 4 amide bonds. The SMILES string of the molecule is C=CC(=O)N1CC[C@H](C(=O)N(C)[C@H](C(=O)N[C@H]2CC3=NC(CS3)c3ccc4c(n3)c(c(C3=C([C@H](C)OC)N=CCC3)n4CC)CC(C)(C)COC(=O)[C@@H]3CCCN(N3)C2=O)C(C)C)C1. The molecule has 346 valence electrons. The molecule has 0 aromatic carbocycles. The summed E-state index contributed by atoms with van der Waals surface area (Å²) in [5.74, 6) is -1.99. The van der Waals surface area contributed by atoms with Crippen LogP contribution in [0.3, 0.4) is 0 Å². The fraction of sp³-hybridized carbons (Fsp3) is 0.617. The van der Waals surface area contributed by atoms with E-state index in [-0.39, 0.29) is 49.5 Å². The van der Waals surface area contributed by atoms with Gasteiger partial charge in [0.25, 0.3) is 5.91 Å². The highest BCUT2D eigenvalue weighted by molar-refractivity contribution is 8.14. The van der Waals surface area contributed by atoms with E-state index in [4.69, 9.17) is 24.4 Å². The van der Waals surface area contributed by atoms with Crippen molar-refractivity contribution in [1.82, 2.24) is 35.1 Å². The highest BCUT2D eigenvalue weighted by Gasteiger charge is 2.41. The van der Waals surface area contributed by atoms with Crippen LogP contribution in [0, 0.1) is 17.3 Å². The van der Waals surface area contributed by atoms with Crippen molar-refractivity contribution < 1.29 is 33.4 Å². The zero-order valence-electron chi connectivity index (χ0n) is 38.6. The van der Waals surface area contributed by atoms with Crippen molar-refractivity contribution in [3.63, 3.8) is 0 Å². The molecule has 16 nitrogen and oxygen atoms in total. The zero-order chi connectivity index (χ0) is 46.0. The van der Waals surface area contributed by atoms with Gasteiger partial charge in [-0.05, 0) is 76.5 Å². The molecule has 64 heavy (non-hydrogen) atoms. The summed E-state index contributed by atoms with van der Waals surface area (Å²) in [6.07, 6.45) is 6.76. The van der Waals surface area contributed by atoms with Crippen LogP contribution in [-0.2, 0) is 46.4 Å². The molecule has 2 aromatic rings. The van der Waals surface area contributed by atoms with E-state index in [1.165, 1.54) is 27.7 Å². The number of nitrogens with one attached hydrogen (secondary N) is 2. The van der Waals surface area contributed by atoms with Gasteiger partial charge in [-0.2, -0.15) is 0 Å². The zero-order valence-corrected chi connectivity index (χ0v) is 39.5. The van der Waals surface area contributed by atoms with Crippen LogP contribution in [0.1, 0.15) is 103 Å². The van der Waals surface area contributed by atoms with E-state index in [2.05, 4.69) is 48.7 Å². The van der Waals surface area contributed by atoms with E-state index >= 15 is 0 Å². The normalized spacial score (nSPS) is 24.9. The first-order valence-electron chi connectivity index (χ1n) is 22.8. The van der Waals surface area contributed by atoms with Crippen LogP contribution in [0.2, 0.25) is 0 Å². The Morgan fingerprint density at radius 1 is 1.17 bits per heavy atom. The van der Waals surface area contributed by atoms with Crippen molar-refractivity contribution in [3.8, 4) is 0 Å². The van der Waals surface area contributed by atoms with Crippen LogP contribution in [0.25, 0.3) is 16.6 Å². The maximum Gasteiger partial charge on any atom is 0.324 e. The van der Waals surface area contributed by atoms with E-state index in [9.17, 15) is 24.0 Å². The Morgan fingerprint density at radius 3 is 2.67 bits per heavy atom. The predicted molar refractivity (Wildman–Crippen MR) is 248 cm³/mol. The van der Waals surface area contributed by atoms with Crippen molar-refractivity contribution in [2.24, 2.45) is 27.2 Å². The minimum absolute atomic E-state index is 0.107. The van der Waals surface area contributed by atoms with Crippen molar-refractivity contribution in [1.29, 1.82) is 0 Å². The predicted octanol–water partition coefficient (Wildman–Crippen LogP) is 4.87. The van der Waals surface area contributed by atoms with E-state index in [1.807, 2.05) is 33.1 Å². The number of hydrogen-bond acceptors (Lipinski definition) is 12. The van der Waals surface area contributed by atoms with Gasteiger partial charge in [0.2, 0.25) is 17.7 Å². The van der Waals surface area contributed by atoms with Gasteiger partial charge in [-0.15, -0.1) is 11.8 Å². The number of nitrogens with zero attached hydrogens (tertiary/aromatic N) is 7. The van der Waals surface area contributed by atoms with E-state index in [0.717, 1.165) is 52.1 Å². The van der Waals surface area contributed by atoms with Gasteiger partial charge in [-0.25, -0.2) is 10.4 Å². The van der Waals surface area contributed by atoms with Crippen molar-refractivity contribution in [2.75, 3.05) is 46.2 Å². The van der Waals surface area contributed by atoms with Gasteiger partial charge >= 0.3 is 5.97 Å². The summed E-state index contributed by atoms with van der Waals surface area (Å²) in [4.78, 5) is 87.5. The smallest absolute Gasteiger partial charge is 0.324 e. The lowest BCUT2D eigenvalue weighted by Crippen LogP contribution is -2.62. The summed E-state index contributed by atoms with van der Waals surface area (Å²) in [7, 11) is 3.31. The van der Waals surface area contributed by atoms with Gasteiger partial charge < -0.3 is 29.2 Å². The number of cyclic esters (lactones) is 1. The standard InChI is InChI=1S/C47H65N9O7S/c1-10-38(57)54-21-18-29(24-54)44(59)53(8)41(27(3)4)43(58)51-34-22-37-49-35(25-64-37)32-16-17-36-40(50-32)31(42(55(36)11-2)30-14-12-19-48-39(30)28(5)62-9)23-47(6,7)26-63-46(61)33-15-13-20-56(52-33)45(34)60/h10,16-17,19,27-29,33-35,41,52H,1,11-15,18,20-26H2,2-9H3,(H,51,58)/t28-,29-,33-,34-,35?,41-/m0/s1. The summed E-state index contributed by atoms with van der Waals surface area (Å²) in [5, 5.41) is 5.15. The quantitative estimate of drug-likeness (QED) is 0.247. The monoisotopic (exact) mass is 899 g/mol. The number of esters is 1. The lowest BCUT2D eigenvalue weighted by atomic mass is 9.84. The Balaban J connectivity index is 1.25. The van der Waals surface area contributed by atoms with E-state index in [0.29, 0.717) is 56.1 Å². The molecule has 1 unspecified atom stereocenters. The number of aliphatic imine (C=N–C) groups is 2. The fourth-order valence-corrected chi connectivity index (χ4v) is 10.9. The first-order chi connectivity index (χ1) is 30.5. The minimum Gasteiger partial charge on any atom is -0.464 e. The van der Waals surface area contributed by atoms with E-state index in [1.54, 1.807) is 19.1 Å². The summed E-state index contributed by atoms with van der Waals surface area (Å²) in [6, 6.07) is 1.13. The molecule has 0 saturated carbocycles. The number of pyridine rings is 1. The molecule has 2 fully saturated rings. The average molecular weight is 900 g/mol. The molecule has 6 bridgehead atoms. The molecule has 7 heterocycles. The maximum atomic E-state index is 14.6. The number of aryl methyl sites for hydroxylation is 1. The van der Waals surface area contributed by atoms with Crippen LogP contribution in [-0.4, -0.2) is 136 Å². The number of rotatable bonds is 10. The second-order valence-corrected chi connectivity index (χ2v) is 19.9. The fourth-order valence-electron chi connectivity index (χ4n) is 9.77. The number of ether oxygens (including phenoxy) is 2. The number of fused-ring (bicyclic) bond motifs is 5. The molecule has 5 aliphatic heterocycles. The largest absolute Gasteiger partial charge is 0.464 e. The molecule has 7 rings (SSSR count). The Morgan fingerprint density at radius 2 is 1.95 bits per heavy atom. The number of hydrogen-bond donors (Lipinski definition) is 2. The van der Waals surface area contributed by atoms with Gasteiger partial charge in [0.15, 0.2) is 0 Å². The molecular weight excluding hydrogens is 835 g/mol. The van der Waals surface area contributed by atoms with Crippen molar-refractivity contribution in [3.05, 3.63) is 47.4 Å². The number of thioether (sulfide) groups is 1. The molecule has 5 aliphatic rings. The number of aromatic nitrogens is 2. The molecule has 0 spiro atoms. The number of carbonyl (C=O) groups is 5. The lowest BCUT2D eigenvalue weighted by Gasteiger charge is -2.37. The van der Waals surface area contributed by atoms with Gasteiger partial charge in [0.1, 0.15) is 24.2 Å². The Labute approximate surface area is 380 Å². The molecule has 6 atom stereocenters. The molecule has 2 aromatic heterocycles. The number of amides is 4. The topological polar surface area (TPSA) is 180 Å². The third kappa shape index (κ3) is 9.71. The molecule has 0 radical (unpaired) electrons. The van der Waals surface area contributed by atoms with Crippen molar-refractivity contribution in [2.45, 2.75) is 123 Å².